The Morgan fingerprint density at radius 3 is 0.972 bits per heavy atom. The van der Waals surface area contributed by atoms with Gasteiger partial charge in [0.25, 0.3) is 6.54 Å². The van der Waals surface area contributed by atoms with Gasteiger partial charge >= 0.3 is 5.91 Å². The highest BCUT2D eigenvalue weighted by atomic mass is 32.2. The maximum atomic E-state index is 12.2. The molecule has 7 saturated heterocycles. The van der Waals surface area contributed by atoms with Crippen LogP contribution >= 0.6 is 45.3 Å². The number of carbonyl (C=O) groups excluding carboxylic acids is 1. The number of aryl methyl sites for hydroxylation is 4. The summed E-state index contributed by atoms with van der Waals surface area (Å²) in [6, 6.07) is 9.45. The molecule has 19 rings (SSSR count). The van der Waals surface area contributed by atoms with Gasteiger partial charge in [0.1, 0.15) is 0 Å². The molecule has 7 aliphatic heterocycles. The van der Waals surface area contributed by atoms with Gasteiger partial charge in [0.05, 0.1) is 128 Å². The normalized spacial score (nSPS) is 17.1. The SMILES string of the molecule is COc1ncc(-c2nc(N3CCCCC3)nc3c(CN4CCC(C)(C)CC4)c(C)sc23)cc1CS(C)(=O)=O.COc1ncc(-c2nc(N3CCCCC3)nc3c(CN4CCOCC4)c(C)sc23)cc1CS(C)(=O)=O.COc1ncc(-c2nc(N3CCCCC3)nc3cc(C)sc23)cc1CS(C)(=O)=O.[C-]#[N+]CC(=O)N1CCN(Cc2c(C)sc3c(-c4cnc(OC)c(CS(C)(=O)=O)c4)nc(N4CCCCC4)nc23)CC1. The average molecular weight is 2120 g/mol. The second-order valence-corrected chi connectivity index (χ2v) is 52.8. The lowest BCUT2D eigenvalue weighted by molar-refractivity contribution is -0.130. The van der Waals surface area contributed by atoms with Crippen LogP contribution in [0, 0.1) is 39.7 Å². The number of thiophene rings is 4. The largest absolute Gasteiger partial charge is 0.481 e. The maximum Gasteiger partial charge on any atom is 0.302 e. The molecule has 0 bridgehead atoms. The van der Waals surface area contributed by atoms with E-state index in [1.165, 1.54) is 113 Å². The van der Waals surface area contributed by atoms with E-state index in [0.29, 0.717) is 70.9 Å². The van der Waals surface area contributed by atoms with Crippen LogP contribution in [0.3, 0.4) is 0 Å². The van der Waals surface area contributed by atoms with E-state index in [4.69, 9.17) is 70.1 Å². The van der Waals surface area contributed by atoms with Crippen LogP contribution in [-0.4, -0.2) is 297 Å². The first-order chi connectivity index (χ1) is 68.8. The van der Waals surface area contributed by atoms with Crippen molar-refractivity contribution in [3.8, 4) is 68.5 Å². The highest BCUT2D eigenvalue weighted by Crippen LogP contribution is 2.46. The van der Waals surface area contributed by atoms with Crippen molar-refractivity contribution in [2.75, 3.05) is 198 Å². The highest BCUT2D eigenvalue weighted by Gasteiger charge is 2.34. The van der Waals surface area contributed by atoms with Crippen LogP contribution in [0.2, 0.25) is 0 Å². The van der Waals surface area contributed by atoms with Crippen LogP contribution in [0.4, 0.5) is 23.8 Å². The number of sulfone groups is 4. The summed E-state index contributed by atoms with van der Waals surface area (Å²) in [7, 11) is -7.08. The van der Waals surface area contributed by atoms with E-state index < -0.39 is 39.3 Å². The number of likely N-dealkylation sites (tertiary alicyclic amines) is 1. The number of hydrogen-bond acceptors (Lipinski definition) is 37. The third-order valence-electron chi connectivity index (χ3n) is 27.1. The number of carbonyl (C=O) groups is 1. The molecule has 772 valence electrons. The third kappa shape index (κ3) is 26.6. The molecule has 0 unspecified atom stereocenters. The Kier molecular flexibility index (Phi) is 34.4. The summed E-state index contributed by atoms with van der Waals surface area (Å²) in [5.41, 5.74) is 16.2. The Morgan fingerprint density at radius 2 is 0.674 bits per heavy atom. The lowest BCUT2D eigenvalue weighted by Crippen LogP contribution is -2.48. The number of fused-ring (bicyclic) bond motifs is 4. The van der Waals surface area contributed by atoms with Crippen LogP contribution in [0.5, 0.6) is 23.5 Å². The van der Waals surface area contributed by atoms with Crippen molar-refractivity contribution in [2.45, 2.75) is 174 Å². The number of anilines is 4. The summed E-state index contributed by atoms with van der Waals surface area (Å²) >= 11 is 6.70. The molecule has 35 nitrogen and oxygen atoms in total. The minimum atomic E-state index is -3.31. The molecule has 0 saturated carbocycles. The third-order valence-corrected chi connectivity index (χ3v) is 35.0. The fourth-order valence-corrected chi connectivity index (χ4v) is 26.9. The van der Waals surface area contributed by atoms with Crippen molar-refractivity contribution in [1.82, 2.24) is 79.4 Å². The Hall–Kier alpha value is -10.2. The van der Waals surface area contributed by atoms with Gasteiger partial charge in [-0.3, -0.25) is 19.5 Å². The molecule has 1 amide bonds. The molecule has 0 N–H and O–H groups in total. The maximum absolute atomic E-state index is 12.2. The molecular formula is C101H131N21O14S8. The predicted molar refractivity (Wildman–Crippen MR) is 574 cm³/mol. The zero-order chi connectivity index (χ0) is 102. The molecule has 12 aromatic rings. The molecule has 0 atom stereocenters. The number of morpholine rings is 1. The van der Waals surface area contributed by atoms with Crippen molar-refractivity contribution in [3.05, 3.63) is 125 Å². The summed E-state index contributed by atoms with van der Waals surface area (Å²) < 4.78 is 128. The van der Waals surface area contributed by atoms with Gasteiger partial charge in [0.15, 0.2) is 39.3 Å². The highest BCUT2D eigenvalue weighted by molar-refractivity contribution is 7.90. The first kappa shape index (κ1) is 107. The number of pyridine rings is 4. The summed E-state index contributed by atoms with van der Waals surface area (Å²) in [6.07, 6.45) is 28.0. The predicted octanol–water partition coefficient (Wildman–Crippen LogP) is 15.4. The Morgan fingerprint density at radius 1 is 0.382 bits per heavy atom. The number of nitrogens with zero attached hydrogens (tertiary/aromatic N) is 21. The number of amides is 1. The Labute approximate surface area is 860 Å². The van der Waals surface area contributed by atoms with Gasteiger partial charge in [0, 0.05) is 242 Å². The lowest BCUT2D eigenvalue weighted by Gasteiger charge is -2.36. The quantitative estimate of drug-likeness (QED) is 0.0431. The standard InChI is InChI=1S/C28H35N7O4S2.C28H39N5O3S2.C25H33N5O4S2.C20H24N4O3S2/c1-19-22(17-33-10-12-34(13-11-33)23(36)16-29-2)25-26(40-19)24(31-28(32-25)35-8-6-5-7-9-35)20-14-21(18-41(4,37)38)27(39-3)30-15-20;1-19-22(17-32-13-9-28(2,3)10-14-32)24-25(37-19)23(30-27(31-24)33-11-7-6-8-12-33)20-15-21(18-38(5,34)35)26(36-4)29-16-20;1-17-20(15-29-9-11-34-12-10-29)22-23(35-17)21(27-25(28-22)30-7-5-4-6-8-30)18-13-19(16-36(3,31)32)24(33-2)26-14-18;1-13-9-16-18(28-13)17(23-20(22-16)24-7-5-4-6-8-24)14-10-15(12-29(3,25)26)19(27-2)21-11-14/h14-15H,5-13,16-18H2,1,3-4H3;15-16H,6-14,17-18H2,1-5H3;13-14H,4-12,15-16H2,1-3H3;9-11H,4-8,12H2,1-3H3. The summed E-state index contributed by atoms with van der Waals surface area (Å²) in [6.45, 7) is 38.1. The topological polar surface area (TPSA) is 385 Å². The second kappa shape index (κ2) is 46.4. The molecule has 7 aliphatic rings. The van der Waals surface area contributed by atoms with Crippen molar-refractivity contribution in [1.29, 1.82) is 0 Å². The Balaban J connectivity index is 0.000000139. The Bertz CT molecular complexity index is 7190. The van der Waals surface area contributed by atoms with Crippen molar-refractivity contribution in [2.24, 2.45) is 5.41 Å². The minimum absolute atomic E-state index is 0.0978. The molecule has 19 heterocycles. The minimum Gasteiger partial charge on any atom is -0.481 e. The van der Waals surface area contributed by atoms with Gasteiger partial charge in [-0.05, 0) is 166 Å². The van der Waals surface area contributed by atoms with Gasteiger partial charge < -0.3 is 53.0 Å². The lowest BCUT2D eigenvalue weighted by atomic mass is 9.82. The second-order valence-electron chi connectivity index (χ2n) is 39.3. The summed E-state index contributed by atoms with van der Waals surface area (Å²) in [4.78, 5) is 96.3. The monoisotopic (exact) mass is 2120 g/mol. The van der Waals surface area contributed by atoms with E-state index in [1.807, 2.05) is 24.3 Å². The van der Waals surface area contributed by atoms with Crippen LogP contribution in [0.15, 0.2) is 55.1 Å². The van der Waals surface area contributed by atoms with E-state index in [0.717, 1.165) is 288 Å². The number of methoxy groups -OCH3 is 4. The van der Waals surface area contributed by atoms with E-state index in [-0.39, 0.29) is 41.3 Å². The molecule has 0 aromatic carbocycles. The number of ether oxygens (including phenoxy) is 5. The van der Waals surface area contributed by atoms with Crippen LogP contribution in [0.1, 0.15) is 162 Å². The van der Waals surface area contributed by atoms with Gasteiger partial charge in [-0.25, -0.2) is 100 Å². The summed E-state index contributed by atoms with van der Waals surface area (Å²) in [5, 5.41) is 0. The first-order valence-corrected chi connectivity index (χ1v) is 60.7. The molecule has 12 aromatic heterocycles. The van der Waals surface area contributed by atoms with Gasteiger partial charge in [0.2, 0.25) is 47.3 Å². The molecule has 0 spiro atoms. The van der Waals surface area contributed by atoms with E-state index in [2.05, 4.69) is 107 Å². The van der Waals surface area contributed by atoms with Crippen LogP contribution in [0.25, 0.3) is 90.7 Å². The number of piperidine rings is 5. The smallest absolute Gasteiger partial charge is 0.302 e. The van der Waals surface area contributed by atoms with E-state index in [9.17, 15) is 38.5 Å². The van der Waals surface area contributed by atoms with Gasteiger partial charge in [-0.2, -0.15) is 0 Å². The molecule has 144 heavy (non-hydrogen) atoms. The average Bonchev–Trinajstić information content (AvgIpc) is 1.61. The number of hydrogen-bond donors (Lipinski definition) is 0. The van der Waals surface area contributed by atoms with Gasteiger partial charge in [-0.15, -0.1) is 45.3 Å². The molecule has 0 aliphatic carbocycles. The number of aromatic nitrogens is 12. The van der Waals surface area contributed by atoms with E-state index in [1.54, 1.807) is 75.0 Å². The molecule has 7 fully saturated rings. The van der Waals surface area contributed by atoms with Crippen molar-refractivity contribution >= 4 is 155 Å². The van der Waals surface area contributed by atoms with Gasteiger partial charge in [-0.1, -0.05) is 13.8 Å². The zero-order valence-corrected chi connectivity index (χ0v) is 91.4. The fraction of sp³-hybridized carbons (Fsp3) is 0.545. The molecular weight excluding hydrogens is 1990 g/mol. The molecule has 43 heteroatoms. The van der Waals surface area contributed by atoms with E-state index >= 15 is 0 Å². The number of piperazine rings is 1. The first-order valence-electron chi connectivity index (χ1n) is 49.2. The van der Waals surface area contributed by atoms with Crippen LogP contribution in [-0.2, 0) is 91.5 Å². The number of rotatable bonds is 27. The zero-order valence-electron chi connectivity index (χ0n) is 84.9. The fourth-order valence-electron chi connectivity index (χ4n) is 19.5. The van der Waals surface area contributed by atoms with Crippen molar-refractivity contribution < 1.29 is 62.2 Å². The molecule has 0 radical (unpaired) electrons. The summed E-state index contributed by atoms with van der Waals surface area (Å²) in [5.74, 6) is 3.47. The van der Waals surface area contributed by atoms with Crippen LogP contribution < -0.4 is 38.5 Å². The van der Waals surface area contributed by atoms with Crippen molar-refractivity contribution in [3.63, 3.8) is 0 Å².